The van der Waals surface area contributed by atoms with Gasteiger partial charge in [0.15, 0.2) is 0 Å². The van der Waals surface area contributed by atoms with Crippen molar-refractivity contribution in [1.82, 2.24) is 0 Å². The average molecular weight is 206 g/mol. The van der Waals surface area contributed by atoms with Gasteiger partial charge in [-0.25, -0.2) is 0 Å². The van der Waals surface area contributed by atoms with Crippen LogP contribution in [0.5, 0.6) is 11.5 Å². The molecular formula is C11H10O4. The van der Waals surface area contributed by atoms with Gasteiger partial charge >= 0.3 is 5.97 Å². The zero-order valence-electron chi connectivity index (χ0n) is 8.15. The van der Waals surface area contributed by atoms with Crippen LogP contribution >= 0.6 is 0 Å². The van der Waals surface area contributed by atoms with Crippen molar-refractivity contribution in [2.45, 2.75) is 6.42 Å². The molecule has 0 heterocycles. The monoisotopic (exact) mass is 206 g/mol. The molecule has 2 N–H and O–H groups in total. The molecule has 4 heteroatoms. The van der Waals surface area contributed by atoms with Gasteiger partial charge in [-0.2, -0.15) is 0 Å². The first-order valence-electron chi connectivity index (χ1n) is 4.21. The van der Waals surface area contributed by atoms with E-state index in [2.05, 4.69) is 11.8 Å². The molecule has 15 heavy (non-hydrogen) atoms. The second kappa shape index (κ2) is 4.91. The SMILES string of the molecule is COc1ccc(C#CCC(=O)O)c(O)c1. The van der Waals surface area contributed by atoms with Gasteiger partial charge < -0.3 is 14.9 Å². The van der Waals surface area contributed by atoms with E-state index in [1.165, 1.54) is 13.2 Å². The van der Waals surface area contributed by atoms with Crippen molar-refractivity contribution in [3.05, 3.63) is 23.8 Å². The number of ether oxygens (including phenoxy) is 1. The summed E-state index contributed by atoms with van der Waals surface area (Å²) in [6.07, 6.45) is -0.245. The highest BCUT2D eigenvalue weighted by atomic mass is 16.5. The van der Waals surface area contributed by atoms with E-state index in [4.69, 9.17) is 9.84 Å². The highest BCUT2D eigenvalue weighted by Crippen LogP contribution is 2.22. The first kappa shape index (κ1) is 10.9. The first-order valence-corrected chi connectivity index (χ1v) is 4.21. The highest BCUT2D eigenvalue weighted by Gasteiger charge is 1.99. The summed E-state index contributed by atoms with van der Waals surface area (Å²) in [5, 5.41) is 17.8. The molecule has 78 valence electrons. The van der Waals surface area contributed by atoms with Crippen LogP contribution in [-0.4, -0.2) is 23.3 Å². The molecule has 0 aliphatic heterocycles. The van der Waals surface area contributed by atoms with Crippen molar-refractivity contribution in [1.29, 1.82) is 0 Å². The van der Waals surface area contributed by atoms with Crippen molar-refractivity contribution < 1.29 is 19.7 Å². The summed E-state index contributed by atoms with van der Waals surface area (Å²) in [6, 6.07) is 4.64. The molecule has 0 aliphatic rings. The Balaban J connectivity index is 2.85. The van der Waals surface area contributed by atoms with Crippen molar-refractivity contribution in [3.63, 3.8) is 0 Å². The van der Waals surface area contributed by atoms with Crippen LogP contribution in [0.2, 0.25) is 0 Å². The number of aromatic hydroxyl groups is 1. The Morgan fingerprint density at radius 3 is 2.80 bits per heavy atom. The third kappa shape index (κ3) is 3.24. The number of aliphatic carboxylic acids is 1. The van der Waals surface area contributed by atoms with Crippen LogP contribution in [0.1, 0.15) is 12.0 Å². The number of hydrogen-bond donors (Lipinski definition) is 2. The van der Waals surface area contributed by atoms with Crippen molar-refractivity contribution in [2.24, 2.45) is 0 Å². The van der Waals surface area contributed by atoms with Gasteiger partial charge in [0.05, 0.1) is 12.7 Å². The van der Waals surface area contributed by atoms with Gasteiger partial charge in [0.2, 0.25) is 0 Å². The van der Waals surface area contributed by atoms with E-state index in [9.17, 15) is 9.90 Å². The maximum Gasteiger partial charge on any atom is 0.315 e. The Labute approximate surface area is 87.1 Å². The Morgan fingerprint density at radius 2 is 2.27 bits per heavy atom. The van der Waals surface area contributed by atoms with Gasteiger partial charge in [-0.3, -0.25) is 4.79 Å². The number of phenolic OH excluding ortho intramolecular Hbond substituents is 1. The van der Waals surface area contributed by atoms with Crippen LogP contribution < -0.4 is 4.74 Å². The highest BCUT2D eigenvalue weighted by molar-refractivity contribution is 5.70. The fraction of sp³-hybridized carbons (Fsp3) is 0.182. The maximum absolute atomic E-state index is 10.2. The van der Waals surface area contributed by atoms with E-state index in [1.807, 2.05) is 0 Å². The number of benzene rings is 1. The summed E-state index contributed by atoms with van der Waals surface area (Å²) in [7, 11) is 1.49. The number of rotatable bonds is 2. The molecule has 1 rings (SSSR count). The largest absolute Gasteiger partial charge is 0.507 e. The van der Waals surface area contributed by atoms with Crippen LogP contribution in [0.25, 0.3) is 0 Å². The third-order valence-electron chi connectivity index (χ3n) is 1.67. The second-order valence-corrected chi connectivity index (χ2v) is 2.76. The minimum atomic E-state index is -0.990. The molecule has 0 aromatic heterocycles. The summed E-state index contributed by atoms with van der Waals surface area (Å²) in [6.45, 7) is 0. The maximum atomic E-state index is 10.2. The second-order valence-electron chi connectivity index (χ2n) is 2.76. The Hall–Kier alpha value is -2.15. The summed E-state index contributed by atoms with van der Waals surface area (Å²) >= 11 is 0. The zero-order chi connectivity index (χ0) is 11.3. The zero-order valence-corrected chi connectivity index (χ0v) is 8.15. The van der Waals surface area contributed by atoms with Crippen molar-refractivity contribution in [2.75, 3.05) is 7.11 Å². The quantitative estimate of drug-likeness (QED) is 0.714. The summed E-state index contributed by atoms with van der Waals surface area (Å²) < 4.78 is 4.89. The number of carboxylic acid groups (broad SMARTS) is 1. The number of phenols is 1. The lowest BCUT2D eigenvalue weighted by Crippen LogP contribution is -1.90. The van der Waals surface area contributed by atoms with Crippen LogP contribution in [-0.2, 0) is 4.79 Å². The van der Waals surface area contributed by atoms with Gasteiger partial charge in [-0.1, -0.05) is 11.8 Å². The summed E-state index contributed by atoms with van der Waals surface area (Å²) in [5.41, 5.74) is 0.386. The van der Waals surface area contributed by atoms with Crippen LogP contribution in [0, 0.1) is 11.8 Å². The van der Waals surface area contributed by atoms with E-state index in [1.54, 1.807) is 12.1 Å². The summed E-state index contributed by atoms with van der Waals surface area (Å²) in [5.74, 6) is 4.50. The van der Waals surface area contributed by atoms with Crippen molar-refractivity contribution in [3.8, 4) is 23.3 Å². The number of carbonyl (C=O) groups is 1. The van der Waals surface area contributed by atoms with Crippen LogP contribution in [0.15, 0.2) is 18.2 Å². The Morgan fingerprint density at radius 1 is 1.53 bits per heavy atom. The molecule has 1 aromatic rings. The van der Waals surface area contributed by atoms with E-state index < -0.39 is 5.97 Å². The first-order chi connectivity index (χ1) is 7.13. The molecular weight excluding hydrogens is 196 g/mol. The third-order valence-corrected chi connectivity index (χ3v) is 1.67. The van der Waals surface area contributed by atoms with Gasteiger partial charge in [0.1, 0.15) is 17.9 Å². The molecule has 0 radical (unpaired) electrons. The lowest BCUT2D eigenvalue weighted by atomic mass is 10.2. The molecule has 1 aromatic carbocycles. The Bertz CT molecular complexity index is 426. The predicted molar refractivity (Wildman–Crippen MR) is 53.8 cm³/mol. The average Bonchev–Trinajstić information content (AvgIpc) is 2.20. The van der Waals surface area contributed by atoms with Crippen LogP contribution in [0.3, 0.4) is 0 Å². The van der Waals surface area contributed by atoms with Gasteiger partial charge in [-0.05, 0) is 12.1 Å². The lowest BCUT2D eigenvalue weighted by Gasteiger charge is -2.01. The van der Waals surface area contributed by atoms with E-state index in [-0.39, 0.29) is 12.2 Å². The van der Waals surface area contributed by atoms with Crippen molar-refractivity contribution >= 4 is 5.97 Å². The van der Waals surface area contributed by atoms with E-state index in [0.717, 1.165) is 0 Å². The fourth-order valence-corrected chi connectivity index (χ4v) is 0.959. The molecule has 0 saturated heterocycles. The minimum Gasteiger partial charge on any atom is -0.507 e. The molecule has 0 amide bonds. The summed E-state index contributed by atoms with van der Waals surface area (Å²) in [4.78, 5) is 10.2. The molecule has 0 spiro atoms. The molecule has 0 fully saturated rings. The number of hydrogen-bond acceptors (Lipinski definition) is 3. The van der Waals surface area contributed by atoms with Gasteiger partial charge in [0.25, 0.3) is 0 Å². The van der Waals surface area contributed by atoms with E-state index in [0.29, 0.717) is 11.3 Å². The standard InChI is InChI=1S/C11H10O4/c1-15-9-6-5-8(10(12)7-9)3-2-4-11(13)14/h5-7,12H,4H2,1H3,(H,13,14). The van der Waals surface area contributed by atoms with E-state index >= 15 is 0 Å². The normalized spacial score (nSPS) is 8.87. The molecule has 0 atom stereocenters. The number of methoxy groups -OCH3 is 1. The minimum absolute atomic E-state index is 0.0211. The lowest BCUT2D eigenvalue weighted by molar-refractivity contribution is -0.135. The van der Waals surface area contributed by atoms with Crippen LogP contribution in [0.4, 0.5) is 0 Å². The molecule has 4 nitrogen and oxygen atoms in total. The fourth-order valence-electron chi connectivity index (χ4n) is 0.959. The molecule has 0 bridgehead atoms. The molecule has 0 unspecified atom stereocenters. The molecule has 0 saturated carbocycles. The topological polar surface area (TPSA) is 66.8 Å². The predicted octanol–water partition coefficient (Wildman–Crippen LogP) is 1.23. The van der Waals surface area contributed by atoms with Gasteiger partial charge in [-0.15, -0.1) is 0 Å². The van der Waals surface area contributed by atoms with Gasteiger partial charge in [0, 0.05) is 6.07 Å². The Kier molecular flexibility index (Phi) is 3.58. The molecule has 0 aliphatic carbocycles. The smallest absolute Gasteiger partial charge is 0.315 e. The number of carboxylic acids is 1.